The zero-order chi connectivity index (χ0) is 10.1. The number of hydrogen-bond donors (Lipinski definition) is 0. The molecule has 1 radical (unpaired) electrons. The van der Waals surface area contributed by atoms with Gasteiger partial charge in [0.15, 0.2) is 0 Å². The monoisotopic (exact) mass is 309 g/mol. The van der Waals surface area contributed by atoms with Gasteiger partial charge in [0.05, 0.1) is 0 Å². The normalized spacial score (nSPS) is 15.2. The van der Waals surface area contributed by atoms with Crippen molar-refractivity contribution >= 4 is 33.9 Å². The minimum absolute atomic E-state index is 1.27. The van der Waals surface area contributed by atoms with Crippen molar-refractivity contribution < 1.29 is 0 Å². The molecule has 0 bridgehead atoms. The molecule has 1 heteroatoms. The summed E-state index contributed by atoms with van der Waals surface area (Å²) in [5.74, 6) is 0. The van der Waals surface area contributed by atoms with E-state index >= 15 is 0 Å². The van der Waals surface area contributed by atoms with Crippen molar-refractivity contribution in [2.45, 2.75) is 0 Å². The molecule has 0 nitrogen and oxygen atoms in total. The molecule has 1 aliphatic rings. The van der Waals surface area contributed by atoms with Gasteiger partial charge in [-0.25, -0.2) is 0 Å². The fourth-order valence-corrected chi connectivity index (χ4v) is 6.36. The van der Waals surface area contributed by atoms with Crippen LogP contribution in [0.2, 0.25) is 0 Å². The van der Waals surface area contributed by atoms with Crippen LogP contribution < -0.4 is 3.61 Å². The first-order valence-electron chi connectivity index (χ1n) is 5.00. The van der Waals surface area contributed by atoms with Crippen LogP contribution in [0.5, 0.6) is 0 Å². The standard InChI is InChI=1S/C14H11Te/c1-2-8-13-12(6-1)7-5-9-14(13)15-10-3-4-11-15/h1-11H. The Balaban J connectivity index is 2.26. The van der Waals surface area contributed by atoms with Gasteiger partial charge in [-0.05, 0) is 0 Å². The number of hydrogen-bond acceptors (Lipinski definition) is 0. The molecule has 15 heavy (non-hydrogen) atoms. The molecule has 0 aliphatic carbocycles. The Labute approximate surface area is 96.6 Å². The van der Waals surface area contributed by atoms with E-state index in [9.17, 15) is 0 Å². The summed E-state index contributed by atoms with van der Waals surface area (Å²) in [5.41, 5.74) is 0. The van der Waals surface area contributed by atoms with Gasteiger partial charge in [-0.3, -0.25) is 0 Å². The Kier molecular flexibility index (Phi) is 2.36. The average Bonchev–Trinajstić information content (AvgIpc) is 2.82. The summed E-state index contributed by atoms with van der Waals surface area (Å²) in [6, 6.07) is 15.3. The van der Waals surface area contributed by atoms with Gasteiger partial charge in [-0.2, -0.15) is 0 Å². The third-order valence-corrected chi connectivity index (χ3v) is 7.60. The molecule has 0 fully saturated rings. The van der Waals surface area contributed by atoms with Gasteiger partial charge >= 0.3 is 96.8 Å². The zero-order valence-corrected chi connectivity index (χ0v) is 10.6. The first-order chi connectivity index (χ1) is 7.45. The van der Waals surface area contributed by atoms with Crippen LogP contribution in [-0.2, 0) is 0 Å². The van der Waals surface area contributed by atoms with Gasteiger partial charge in [0, 0.05) is 0 Å². The van der Waals surface area contributed by atoms with E-state index in [1.807, 2.05) is 0 Å². The van der Waals surface area contributed by atoms with E-state index in [1.165, 1.54) is 10.8 Å². The second-order valence-electron chi connectivity index (χ2n) is 3.51. The molecule has 0 N–H and O–H groups in total. The van der Waals surface area contributed by atoms with E-state index < -0.39 is 19.6 Å². The van der Waals surface area contributed by atoms with Crippen LogP contribution >= 0.6 is 0 Å². The average molecular weight is 307 g/mol. The Hall–Kier alpha value is -1.03. The van der Waals surface area contributed by atoms with Crippen molar-refractivity contribution in [1.82, 2.24) is 0 Å². The van der Waals surface area contributed by atoms with E-state index in [0.29, 0.717) is 0 Å². The molecule has 0 saturated heterocycles. The quantitative estimate of drug-likeness (QED) is 0.711. The minimum atomic E-state index is -1.27. The first kappa shape index (κ1) is 9.21. The topological polar surface area (TPSA) is 0 Å². The van der Waals surface area contributed by atoms with Crippen LogP contribution in [0.3, 0.4) is 0 Å². The van der Waals surface area contributed by atoms with Gasteiger partial charge < -0.3 is 0 Å². The van der Waals surface area contributed by atoms with Crippen LogP contribution in [0.4, 0.5) is 0 Å². The van der Waals surface area contributed by atoms with Crippen LogP contribution in [0.15, 0.2) is 62.9 Å². The van der Waals surface area contributed by atoms with E-state index in [4.69, 9.17) is 0 Å². The van der Waals surface area contributed by atoms with Crippen molar-refractivity contribution in [3.63, 3.8) is 0 Å². The summed E-state index contributed by atoms with van der Waals surface area (Å²) in [6.07, 6.45) is 4.39. The van der Waals surface area contributed by atoms with Crippen molar-refractivity contribution in [2.24, 2.45) is 0 Å². The number of rotatable bonds is 1. The third-order valence-electron chi connectivity index (χ3n) is 2.57. The molecule has 1 heterocycles. The van der Waals surface area contributed by atoms with Crippen LogP contribution in [0.25, 0.3) is 10.8 Å². The van der Waals surface area contributed by atoms with Gasteiger partial charge in [-0.1, -0.05) is 0 Å². The van der Waals surface area contributed by atoms with Gasteiger partial charge in [-0.15, -0.1) is 0 Å². The van der Waals surface area contributed by atoms with E-state index in [2.05, 4.69) is 62.9 Å². The Morgan fingerprint density at radius 3 is 2.33 bits per heavy atom. The number of benzene rings is 2. The number of fused-ring (bicyclic) bond motifs is 1. The maximum atomic E-state index is 2.41. The summed E-state index contributed by atoms with van der Waals surface area (Å²) in [5, 5.41) is 2.80. The molecular formula is C14H11Te. The Bertz CT molecular complexity index is 535. The van der Waals surface area contributed by atoms with Gasteiger partial charge in [0.1, 0.15) is 0 Å². The van der Waals surface area contributed by atoms with Gasteiger partial charge in [0.25, 0.3) is 0 Å². The fraction of sp³-hybridized carbons (Fsp3) is 0. The summed E-state index contributed by atoms with van der Waals surface area (Å²) < 4.78 is 6.39. The molecule has 0 unspecified atom stereocenters. The molecule has 0 saturated carbocycles. The van der Waals surface area contributed by atoms with E-state index in [1.54, 1.807) is 3.61 Å². The van der Waals surface area contributed by atoms with Crippen molar-refractivity contribution in [3.8, 4) is 0 Å². The van der Waals surface area contributed by atoms with Crippen molar-refractivity contribution in [3.05, 3.63) is 62.9 Å². The first-order valence-corrected chi connectivity index (χ1v) is 8.85. The molecule has 0 aromatic heterocycles. The molecule has 73 valence electrons. The third kappa shape index (κ3) is 1.63. The van der Waals surface area contributed by atoms with Gasteiger partial charge in [0.2, 0.25) is 0 Å². The molecule has 2 aromatic carbocycles. The van der Waals surface area contributed by atoms with Crippen molar-refractivity contribution in [2.75, 3.05) is 0 Å². The molecular weight excluding hydrogens is 296 g/mol. The molecule has 0 amide bonds. The Morgan fingerprint density at radius 2 is 1.47 bits per heavy atom. The fourth-order valence-electron chi connectivity index (χ4n) is 1.85. The summed E-state index contributed by atoms with van der Waals surface area (Å²) in [7, 11) is 0. The SMILES string of the molecule is C1=C[Te](c2cccc3ccccc23)C=C1. The van der Waals surface area contributed by atoms with Crippen molar-refractivity contribution in [1.29, 1.82) is 0 Å². The molecule has 3 rings (SSSR count). The predicted octanol–water partition coefficient (Wildman–Crippen LogP) is 2.75. The second kappa shape index (κ2) is 3.85. The molecule has 1 aliphatic heterocycles. The maximum absolute atomic E-state index is 2.41. The zero-order valence-electron chi connectivity index (χ0n) is 8.26. The predicted molar refractivity (Wildman–Crippen MR) is 67.6 cm³/mol. The summed E-state index contributed by atoms with van der Waals surface area (Å²) >= 11 is -1.27. The van der Waals surface area contributed by atoms with Crippen LogP contribution in [0.1, 0.15) is 0 Å². The van der Waals surface area contributed by atoms with Crippen LogP contribution in [-0.4, -0.2) is 19.6 Å². The Morgan fingerprint density at radius 1 is 0.733 bits per heavy atom. The van der Waals surface area contributed by atoms with E-state index in [-0.39, 0.29) is 0 Å². The van der Waals surface area contributed by atoms with Crippen LogP contribution in [0, 0.1) is 0 Å². The molecule has 2 aromatic rings. The summed E-state index contributed by atoms with van der Waals surface area (Å²) in [6.45, 7) is 0. The molecule has 0 atom stereocenters. The second-order valence-corrected chi connectivity index (χ2v) is 8.44. The summed E-state index contributed by atoms with van der Waals surface area (Å²) in [4.78, 5) is 0. The number of allylic oxidation sites excluding steroid dienone is 2. The van der Waals surface area contributed by atoms with E-state index in [0.717, 1.165) is 0 Å². The molecule has 0 spiro atoms.